The molecule has 0 aromatic carbocycles. The summed E-state index contributed by atoms with van der Waals surface area (Å²) in [4.78, 5) is 27.8. The van der Waals surface area contributed by atoms with E-state index in [4.69, 9.17) is 4.42 Å². The topological polar surface area (TPSA) is 77.8 Å². The molecule has 2 fully saturated rings. The highest BCUT2D eigenvalue weighted by Gasteiger charge is 2.27. The van der Waals surface area contributed by atoms with Gasteiger partial charge < -0.3 is 20.0 Å². The Kier molecular flexibility index (Phi) is 5.96. The number of hydrogen-bond donors (Lipinski definition) is 2. The highest BCUT2D eigenvalue weighted by atomic mass is 16.3. The van der Waals surface area contributed by atoms with E-state index in [1.807, 2.05) is 17.0 Å². The summed E-state index contributed by atoms with van der Waals surface area (Å²) < 4.78 is 5.57. The average Bonchev–Trinajstić information content (AvgIpc) is 3.29. The van der Waals surface area contributed by atoms with Crippen molar-refractivity contribution in [3.63, 3.8) is 0 Å². The van der Waals surface area contributed by atoms with Gasteiger partial charge in [0, 0.05) is 32.6 Å². The number of urea groups is 1. The highest BCUT2D eigenvalue weighted by molar-refractivity contribution is 5.75. The molecule has 2 aliphatic rings. The normalized spacial score (nSPS) is 20.4. The molecule has 0 spiro atoms. The third-order valence-corrected chi connectivity index (χ3v) is 5.18. The van der Waals surface area contributed by atoms with Crippen LogP contribution in [0.3, 0.4) is 0 Å². The molecule has 3 amide bonds. The minimum atomic E-state index is -0.142. The summed E-state index contributed by atoms with van der Waals surface area (Å²) in [6, 6.07) is 3.94. The summed E-state index contributed by atoms with van der Waals surface area (Å²) in [6.07, 6.45) is 5.68. The van der Waals surface area contributed by atoms with E-state index in [9.17, 15) is 9.59 Å². The van der Waals surface area contributed by atoms with Crippen LogP contribution in [0.4, 0.5) is 4.79 Å². The van der Waals surface area contributed by atoms with Crippen molar-refractivity contribution in [3.8, 4) is 0 Å². The maximum absolute atomic E-state index is 12.3. The molecule has 2 aliphatic heterocycles. The summed E-state index contributed by atoms with van der Waals surface area (Å²) >= 11 is 0. The number of amides is 3. The lowest BCUT2D eigenvalue weighted by atomic mass is 10.1. The first-order valence-electron chi connectivity index (χ1n) is 9.21. The number of rotatable bonds is 5. The van der Waals surface area contributed by atoms with E-state index in [1.165, 1.54) is 12.8 Å². The lowest BCUT2D eigenvalue weighted by Crippen LogP contribution is -2.49. The van der Waals surface area contributed by atoms with Crippen LogP contribution in [0.5, 0.6) is 0 Å². The molecule has 2 N–H and O–H groups in total. The van der Waals surface area contributed by atoms with Crippen molar-refractivity contribution in [1.29, 1.82) is 0 Å². The summed E-state index contributed by atoms with van der Waals surface area (Å²) in [5, 5.41) is 6.03. The predicted molar refractivity (Wildman–Crippen MR) is 94.1 cm³/mol. The van der Waals surface area contributed by atoms with Crippen molar-refractivity contribution in [2.24, 2.45) is 0 Å². The Hall–Kier alpha value is -2.02. The van der Waals surface area contributed by atoms with E-state index in [-0.39, 0.29) is 24.0 Å². The number of nitrogens with zero attached hydrogens (tertiary/aromatic N) is 2. The molecule has 1 aromatic heterocycles. The average molecular weight is 348 g/mol. The third-order valence-electron chi connectivity index (χ3n) is 5.18. The van der Waals surface area contributed by atoms with Gasteiger partial charge in [-0.05, 0) is 50.9 Å². The Morgan fingerprint density at radius 1 is 1.24 bits per heavy atom. The lowest BCUT2D eigenvalue weighted by molar-refractivity contribution is -0.129. The van der Waals surface area contributed by atoms with E-state index in [0.29, 0.717) is 19.6 Å². The summed E-state index contributed by atoms with van der Waals surface area (Å²) in [5.41, 5.74) is 0. The molecule has 138 valence electrons. The number of likely N-dealkylation sites (tertiary alicyclic amines) is 2. The van der Waals surface area contributed by atoms with Crippen molar-refractivity contribution < 1.29 is 14.0 Å². The zero-order valence-corrected chi connectivity index (χ0v) is 14.9. The second-order valence-corrected chi connectivity index (χ2v) is 6.91. The Balaban J connectivity index is 1.46. The van der Waals surface area contributed by atoms with Crippen molar-refractivity contribution in [2.75, 3.05) is 32.7 Å². The smallest absolute Gasteiger partial charge is 0.315 e. The van der Waals surface area contributed by atoms with Crippen LogP contribution in [-0.2, 0) is 4.79 Å². The maximum Gasteiger partial charge on any atom is 0.315 e. The quantitative estimate of drug-likeness (QED) is 0.849. The van der Waals surface area contributed by atoms with E-state index < -0.39 is 0 Å². The molecule has 0 saturated carbocycles. The van der Waals surface area contributed by atoms with Gasteiger partial charge in [-0.25, -0.2) is 4.79 Å². The second kappa shape index (κ2) is 8.38. The Bertz CT molecular complexity index is 561. The SMILES string of the molecule is CC(=O)N1CCC(NC(=O)NC[C@H](c2ccco2)N2CCCC2)CC1. The minimum absolute atomic E-state index is 0.0859. The zero-order valence-electron chi connectivity index (χ0n) is 14.9. The summed E-state index contributed by atoms with van der Waals surface area (Å²) in [7, 11) is 0. The van der Waals surface area contributed by atoms with Crippen molar-refractivity contribution in [1.82, 2.24) is 20.4 Å². The minimum Gasteiger partial charge on any atom is -0.468 e. The highest BCUT2D eigenvalue weighted by Crippen LogP contribution is 2.24. The van der Waals surface area contributed by atoms with E-state index in [2.05, 4.69) is 15.5 Å². The lowest BCUT2D eigenvalue weighted by Gasteiger charge is -2.32. The van der Waals surface area contributed by atoms with E-state index in [1.54, 1.807) is 13.2 Å². The fourth-order valence-electron chi connectivity index (χ4n) is 3.71. The van der Waals surface area contributed by atoms with Crippen LogP contribution in [0.1, 0.15) is 44.4 Å². The Labute approximate surface area is 148 Å². The predicted octanol–water partition coefficient (Wildman–Crippen LogP) is 1.73. The van der Waals surface area contributed by atoms with Crippen molar-refractivity contribution in [3.05, 3.63) is 24.2 Å². The number of furan rings is 1. The zero-order chi connectivity index (χ0) is 17.6. The van der Waals surface area contributed by atoms with Gasteiger partial charge in [0.15, 0.2) is 0 Å². The van der Waals surface area contributed by atoms with Gasteiger partial charge in [0.25, 0.3) is 0 Å². The van der Waals surface area contributed by atoms with E-state index in [0.717, 1.165) is 31.7 Å². The van der Waals surface area contributed by atoms with Crippen LogP contribution >= 0.6 is 0 Å². The first kappa shape index (κ1) is 17.8. The molecule has 0 radical (unpaired) electrons. The van der Waals surface area contributed by atoms with E-state index >= 15 is 0 Å². The van der Waals surface area contributed by atoms with Crippen LogP contribution in [0.25, 0.3) is 0 Å². The maximum atomic E-state index is 12.3. The van der Waals surface area contributed by atoms with Crippen LogP contribution < -0.4 is 10.6 Å². The molecule has 2 saturated heterocycles. The molecule has 3 rings (SSSR count). The van der Waals surface area contributed by atoms with Crippen molar-refractivity contribution in [2.45, 2.75) is 44.7 Å². The fraction of sp³-hybridized carbons (Fsp3) is 0.667. The van der Waals surface area contributed by atoms with Gasteiger partial charge in [-0.1, -0.05) is 0 Å². The number of hydrogen-bond acceptors (Lipinski definition) is 4. The van der Waals surface area contributed by atoms with Gasteiger partial charge in [0.1, 0.15) is 5.76 Å². The molecule has 7 nitrogen and oxygen atoms in total. The van der Waals surface area contributed by atoms with Crippen LogP contribution in [0, 0.1) is 0 Å². The third kappa shape index (κ3) is 4.75. The molecule has 0 bridgehead atoms. The van der Waals surface area contributed by atoms with Crippen LogP contribution in [-0.4, -0.2) is 60.5 Å². The number of carbonyl (C=O) groups is 2. The number of carbonyl (C=O) groups excluding carboxylic acids is 2. The largest absolute Gasteiger partial charge is 0.468 e. The molecule has 1 aromatic rings. The summed E-state index contributed by atoms with van der Waals surface area (Å²) in [6.45, 7) is 5.63. The standard InChI is InChI=1S/C18H28N4O3/c1-14(23)21-10-6-15(7-11-21)20-18(24)19-13-16(17-5-4-12-25-17)22-8-2-3-9-22/h4-5,12,15-16H,2-3,6-11,13H2,1H3,(H2,19,20,24)/t16-/m1/s1. The Morgan fingerprint density at radius 3 is 2.56 bits per heavy atom. The number of nitrogens with one attached hydrogen (secondary N) is 2. The van der Waals surface area contributed by atoms with Gasteiger partial charge >= 0.3 is 6.03 Å². The van der Waals surface area contributed by atoms with Gasteiger partial charge in [0.05, 0.1) is 12.3 Å². The first-order valence-corrected chi connectivity index (χ1v) is 9.21. The molecule has 0 unspecified atom stereocenters. The molecule has 3 heterocycles. The molecule has 0 aliphatic carbocycles. The Morgan fingerprint density at radius 2 is 1.96 bits per heavy atom. The molecular formula is C18H28N4O3. The second-order valence-electron chi connectivity index (χ2n) is 6.91. The van der Waals surface area contributed by atoms with Gasteiger partial charge in [-0.2, -0.15) is 0 Å². The van der Waals surface area contributed by atoms with Crippen molar-refractivity contribution >= 4 is 11.9 Å². The molecule has 25 heavy (non-hydrogen) atoms. The molecular weight excluding hydrogens is 320 g/mol. The van der Waals surface area contributed by atoms with Gasteiger partial charge in [0.2, 0.25) is 5.91 Å². The van der Waals surface area contributed by atoms with Crippen LogP contribution in [0.2, 0.25) is 0 Å². The first-order chi connectivity index (χ1) is 12.1. The molecule has 7 heteroatoms. The van der Waals surface area contributed by atoms with Crippen LogP contribution in [0.15, 0.2) is 22.8 Å². The molecule has 1 atom stereocenters. The van der Waals surface area contributed by atoms with Gasteiger partial charge in [-0.3, -0.25) is 9.69 Å². The number of piperidine rings is 1. The summed E-state index contributed by atoms with van der Waals surface area (Å²) in [5.74, 6) is 1.01. The van der Waals surface area contributed by atoms with Gasteiger partial charge in [-0.15, -0.1) is 0 Å². The monoisotopic (exact) mass is 348 g/mol. The fourth-order valence-corrected chi connectivity index (χ4v) is 3.71.